The van der Waals surface area contributed by atoms with Crippen molar-refractivity contribution in [3.8, 4) is 5.75 Å². The van der Waals surface area contributed by atoms with Crippen LogP contribution in [0, 0.1) is 0 Å². The smallest absolute Gasteiger partial charge is 0.139 e. The van der Waals surface area contributed by atoms with E-state index < -0.39 is 0 Å². The number of nitrogens with two attached hydrogens (primary N) is 1. The van der Waals surface area contributed by atoms with Gasteiger partial charge < -0.3 is 10.5 Å². The summed E-state index contributed by atoms with van der Waals surface area (Å²) >= 11 is 12.0. The molecule has 0 heterocycles. The first-order valence-electron chi connectivity index (χ1n) is 4.43. The molecule has 2 N–H and O–H groups in total. The summed E-state index contributed by atoms with van der Waals surface area (Å²) in [5, 5.41) is 1.14. The van der Waals surface area contributed by atoms with Gasteiger partial charge in [0.2, 0.25) is 0 Å². The maximum absolute atomic E-state index is 6.01. The molecule has 0 amide bonds. The molecule has 0 aliphatic carbocycles. The van der Waals surface area contributed by atoms with E-state index in [0.29, 0.717) is 22.4 Å². The van der Waals surface area contributed by atoms with E-state index in [1.165, 1.54) is 0 Å². The normalized spacial score (nSPS) is 12.6. The van der Waals surface area contributed by atoms with Crippen LogP contribution in [-0.4, -0.2) is 6.61 Å². The van der Waals surface area contributed by atoms with E-state index in [1.54, 1.807) is 12.1 Å². The van der Waals surface area contributed by atoms with E-state index in [-0.39, 0.29) is 6.04 Å². The van der Waals surface area contributed by atoms with Crippen LogP contribution in [0.25, 0.3) is 0 Å². The van der Waals surface area contributed by atoms with Crippen LogP contribution >= 0.6 is 23.2 Å². The van der Waals surface area contributed by atoms with Crippen molar-refractivity contribution in [2.75, 3.05) is 6.61 Å². The Labute approximate surface area is 94.0 Å². The molecule has 0 aromatic heterocycles. The molecule has 4 heteroatoms. The lowest BCUT2D eigenvalue weighted by atomic mass is 10.1. The highest BCUT2D eigenvalue weighted by Gasteiger charge is 2.10. The first-order valence-corrected chi connectivity index (χ1v) is 5.19. The molecule has 0 radical (unpaired) electrons. The Kier molecular flexibility index (Phi) is 4.05. The molecule has 1 atom stereocenters. The number of ether oxygens (including phenoxy) is 1. The Hall–Kier alpha value is -0.440. The summed E-state index contributed by atoms with van der Waals surface area (Å²) in [6.45, 7) is 4.31. The highest BCUT2D eigenvalue weighted by atomic mass is 35.5. The summed E-state index contributed by atoms with van der Waals surface area (Å²) in [5.41, 5.74) is 6.56. The van der Waals surface area contributed by atoms with Crippen molar-refractivity contribution < 1.29 is 4.74 Å². The van der Waals surface area contributed by atoms with Crippen molar-refractivity contribution in [2.24, 2.45) is 5.73 Å². The van der Waals surface area contributed by atoms with Gasteiger partial charge in [-0.1, -0.05) is 23.2 Å². The second-order valence-electron chi connectivity index (χ2n) is 3.03. The van der Waals surface area contributed by atoms with Crippen LogP contribution in [0.1, 0.15) is 25.5 Å². The Morgan fingerprint density at radius 1 is 1.36 bits per heavy atom. The minimum Gasteiger partial charge on any atom is -0.492 e. The molecule has 1 rings (SSSR count). The van der Waals surface area contributed by atoms with Crippen LogP contribution in [0.5, 0.6) is 5.75 Å². The van der Waals surface area contributed by atoms with Gasteiger partial charge in [-0.15, -0.1) is 0 Å². The minimum absolute atomic E-state index is 0.129. The van der Waals surface area contributed by atoms with Crippen molar-refractivity contribution in [1.29, 1.82) is 0 Å². The summed E-state index contributed by atoms with van der Waals surface area (Å²) in [7, 11) is 0. The Morgan fingerprint density at radius 2 is 2.00 bits per heavy atom. The lowest BCUT2D eigenvalue weighted by Gasteiger charge is -2.12. The van der Waals surface area contributed by atoms with E-state index in [9.17, 15) is 0 Å². The van der Waals surface area contributed by atoms with Gasteiger partial charge in [0.05, 0.1) is 11.6 Å². The monoisotopic (exact) mass is 233 g/mol. The lowest BCUT2D eigenvalue weighted by molar-refractivity contribution is 0.340. The van der Waals surface area contributed by atoms with Gasteiger partial charge in [-0.2, -0.15) is 0 Å². The second kappa shape index (κ2) is 4.87. The van der Waals surface area contributed by atoms with Gasteiger partial charge in [0, 0.05) is 17.1 Å². The topological polar surface area (TPSA) is 35.2 Å². The molecule has 0 fully saturated rings. The maximum Gasteiger partial charge on any atom is 0.139 e. The van der Waals surface area contributed by atoms with Gasteiger partial charge >= 0.3 is 0 Å². The van der Waals surface area contributed by atoms with Gasteiger partial charge in [-0.05, 0) is 25.5 Å². The quantitative estimate of drug-likeness (QED) is 0.869. The fraction of sp³-hybridized carbons (Fsp3) is 0.400. The highest BCUT2D eigenvalue weighted by molar-refractivity contribution is 6.34. The van der Waals surface area contributed by atoms with Gasteiger partial charge in [0.25, 0.3) is 0 Å². The minimum atomic E-state index is -0.129. The largest absolute Gasteiger partial charge is 0.492 e. The summed E-state index contributed by atoms with van der Waals surface area (Å²) in [6, 6.07) is 3.32. The molecule has 2 nitrogen and oxygen atoms in total. The first-order chi connectivity index (χ1) is 6.56. The number of benzene rings is 1. The van der Waals surface area contributed by atoms with Crippen molar-refractivity contribution >= 4 is 23.2 Å². The third kappa shape index (κ3) is 2.53. The van der Waals surface area contributed by atoms with Crippen molar-refractivity contribution in [2.45, 2.75) is 19.9 Å². The number of hydrogen-bond acceptors (Lipinski definition) is 2. The van der Waals surface area contributed by atoms with E-state index in [1.807, 2.05) is 13.8 Å². The third-order valence-corrected chi connectivity index (χ3v) is 2.46. The summed E-state index contributed by atoms with van der Waals surface area (Å²) < 4.78 is 5.29. The van der Waals surface area contributed by atoms with Crippen molar-refractivity contribution in [1.82, 2.24) is 0 Å². The van der Waals surface area contributed by atoms with Gasteiger partial charge in [0.1, 0.15) is 5.75 Å². The molecule has 14 heavy (non-hydrogen) atoms. The molecule has 0 aliphatic rings. The third-order valence-electron chi connectivity index (χ3n) is 1.84. The van der Waals surface area contributed by atoms with Crippen LogP contribution in [0.4, 0.5) is 0 Å². The molecular formula is C10H13Cl2NO. The predicted molar refractivity (Wildman–Crippen MR) is 60.2 cm³/mol. The van der Waals surface area contributed by atoms with Gasteiger partial charge in [0.15, 0.2) is 0 Å². The zero-order valence-electron chi connectivity index (χ0n) is 8.18. The highest BCUT2D eigenvalue weighted by Crippen LogP contribution is 2.33. The Balaban J connectivity index is 3.10. The van der Waals surface area contributed by atoms with Crippen LogP contribution in [0.3, 0.4) is 0 Å². The van der Waals surface area contributed by atoms with Crippen LogP contribution < -0.4 is 10.5 Å². The van der Waals surface area contributed by atoms with E-state index in [0.717, 1.165) is 5.56 Å². The summed E-state index contributed by atoms with van der Waals surface area (Å²) in [5.74, 6) is 0.601. The molecular weight excluding hydrogens is 221 g/mol. The van der Waals surface area contributed by atoms with Gasteiger partial charge in [-0.25, -0.2) is 0 Å². The Morgan fingerprint density at radius 3 is 2.50 bits per heavy atom. The Bertz CT molecular complexity index is 326. The maximum atomic E-state index is 6.01. The van der Waals surface area contributed by atoms with Crippen LogP contribution in [0.2, 0.25) is 10.0 Å². The second-order valence-corrected chi connectivity index (χ2v) is 3.84. The average Bonchev–Trinajstić information content (AvgIpc) is 2.10. The molecule has 1 aromatic rings. The van der Waals surface area contributed by atoms with E-state index in [4.69, 9.17) is 33.7 Å². The van der Waals surface area contributed by atoms with Crippen molar-refractivity contribution in [3.05, 3.63) is 27.7 Å². The fourth-order valence-electron chi connectivity index (χ4n) is 1.16. The van der Waals surface area contributed by atoms with E-state index >= 15 is 0 Å². The van der Waals surface area contributed by atoms with Crippen LogP contribution in [0.15, 0.2) is 12.1 Å². The molecule has 0 spiro atoms. The van der Waals surface area contributed by atoms with Crippen molar-refractivity contribution in [3.63, 3.8) is 0 Å². The molecule has 1 unspecified atom stereocenters. The molecule has 0 aliphatic heterocycles. The first kappa shape index (κ1) is 11.6. The summed E-state index contributed by atoms with van der Waals surface area (Å²) in [6.07, 6.45) is 0. The van der Waals surface area contributed by atoms with Gasteiger partial charge in [-0.3, -0.25) is 0 Å². The standard InChI is InChI=1S/C10H13Cl2NO/c1-3-14-10-5-8(11)7(6(2)13)4-9(10)12/h4-6H,3,13H2,1-2H3. The fourth-order valence-corrected chi connectivity index (χ4v) is 1.71. The van der Waals surface area contributed by atoms with Crippen LogP contribution in [-0.2, 0) is 0 Å². The SMILES string of the molecule is CCOc1cc(Cl)c(C(C)N)cc1Cl. The average molecular weight is 234 g/mol. The lowest BCUT2D eigenvalue weighted by Crippen LogP contribution is -2.06. The molecule has 78 valence electrons. The summed E-state index contributed by atoms with van der Waals surface area (Å²) in [4.78, 5) is 0. The molecule has 0 bridgehead atoms. The number of rotatable bonds is 3. The zero-order valence-corrected chi connectivity index (χ0v) is 9.69. The number of hydrogen-bond donors (Lipinski definition) is 1. The molecule has 0 saturated carbocycles. The molecule has 1 aromatic carbocycles. The van der Waals surface area contributed by atoms with E-state index in [2.05, 4.69) is 0 Å². The number of halogens is 2. The molecule has 0 saturated heterocycles. The zero-order chi connectivity index (χ0) is 10.7. The predicted octanol–water partition coefficient (Wildman–Crippen LogP) is 3.41.